The summed E-state index contributed by atoms with van der Waals surface area (Å²) in [5.41, 5.74) is 15.1. The Balaban J connectivity index is 0.000000272. The maximum atomic E-state index is 11.3. The zero-order chi connectivity index (χ0) is 18.3. The van der Waals surface area contributed by atoms with Crippen LogP contribution in [-0.4, -0.2) is 5.91 Å². The van der Waals surface area contributed by atoms with Crippen molar-refractivity contribution >= 4 is 49.1 Å². The van der Waals surface area contributed by atoms with Gasteiger partial charge in [-0.3, -0.25) is 15.6 Å². The summed E-state index contributed by atoms with van der Waals surface area (Å²) >= 11 is 6.80. The summed E-state index contributed by atoms with van der Waals surface area (Å²) in [6, 6.07) is 11.6. The number of rotatable bonds is 3. The van der Waals surface area contributed by atoms with Crippen LogP contribution in [0.2, 0.25) is 0 Å². The summed E-state index contributed by atoms with van der Waals surface area (Å²) < 4.78 is 2.09. The first kappa shape index (κ1) is 20.5. The van der Waals surface area contributed by atoms with Gasteiger partial charge in [0.05, 0.1) is 5.69 Å². The van der Waals surface area contributed by atoms with Crippen molar-refractivity contribution in [3.63, 3.8) is 0 Å². The Labute approximate surface area is 160 Å². The first-order chi connectivity index (χ1) is 11.2. The van der Waals surface area contributed by atoms with Gasteiger partial charge in [-0.05, 0) is 49.2 Å². The fourth-order valence-electron chi connectivity index (χ4n) is 1.64. The smallest absolute Gasteiger partial charge is 0.240 e. The Morgan fingerprint density at radius 1 is 1.00 bits per heavy atom. The summed E-state index contributed by atoms with van der Waals surface area (Å²) in [5, 5.41) is 0. The fraction of sp³-hybridized carbons (Fsp3) is 0.278. The van der Waals surface area contributed by atoms with Crippen molar-refractivity contribution in [3.8, 4) is 0 Å². The molecule has 2 aromatic rings. The van der Waals surface area contributed by atoms with Gasteiger partial charge < -0.3 is 5.73 Å². The average molecular weight is 457 g/mol. The van der Waals surface area contributed by atoms with Crippen LogP contribution >= 0.6 is 31.9 Å². The molecule has 0 aliphatic carbocycles. The van der Waals surface area contributed by atoms with Crippen LogP contribution in [0.3, 0.4) is 0 Å². The lowest BCUT2D eigenvalue weighted by molar-refractivity contribution is -0.123. The SMILES string of the molecule is Cc1c(Br)cccc1NNC(=O)C(C)C.Cc1c(N)cccc1Br. The van der Waals surface area contributed by atoms with Crippen molar-refractivity contribution in [1.82, 2.24) is 5.43 Å². The van der Waals surface area contributed by atoms with Gasteiger partial charge >= 0.3 is 0 Å². The Hall–Kier alpha value is -1.53. The molecule has 0 saturated carbocycles. The lowest BCUT2D eigenvalue weighted by Crippen LogP contribution is -2.33. The van der Waals surface area contributed by atoms with Crippen LogP contribution in [0.1, 0.15) is 25.0 Å². The molecule has 0 spiro atoms. The first-order valence-electron chi connectivity index (χ1n) is 7.55. The molecule has 24 heavy (non-hydrogen) atoms. The van der Waals surface area contributed by atoms with Crippen molar-refractivity contribution in [2.24, 2.45) is 5.92 Å². The van der Waals surface area contributed by atoms with Crippen molar-refractivity contribution in [1.29, 1.82) is 0 Å². The van der Waals surface area contributed by atoms with E-state index in [-0.39, 0.29) is 11.8 Å². The van der Waals surface area contributed by atoms with Gasteiger partial charge in [0.25, 0.3) is 0 Å². The molecule has 0 bridgehead atoms. The second-order valence-corrected chi connectivity index (χ2v) is 7.34. The summed E-state index contributed by atoms with van der Waals surface area (Å²) in [4.78, 5) is 11.3. The number of benzene rings is 2. The molecular weight excluding hydrogens is 434 g/mol. The third-order valence-corrected chi connectivity index (χ3v) is 5.14. The van der Waals surface area contributed by atoms with Gasteiger partial charge in [-0.2, -0.15) is 0 Å². The van der Waals surface area contributed by atoms with Gasteiger partial charge in [-0.1, -0.05) is 57.8 Å². The summed E-state index contributed by atoms with van der Waals surface area (Å²) in [5.74, 6) is -0.0423. The van der Waals surface area contributed by atoms with Gasteiger partial charge in [0.1, 0.15) is 0 Å². The molecule has 2 rings (SSSR count). The highest BCUT2D eigenvalue weighted by atomic mass is 79.9. The number of carbonyl (C=O) groups is 1. The number of halogens is 2. The first-order valence-corrected chi connectivity index (χ1v) is 9.14. The molecule has 0 aliphatic rings. The summed E-state index contributed by atoms with van der Waals surface area (Å²) in [6.45, 7) is 7.67. The average Bonchev–Trinajstić information content (AvgIpc) is 2.54. The Bertz CT molecular complexity index is 682. The van der Waals surface area contributed by atoms with E-state index < -0.39 is 0 Å². The molecular formula is C18H23Br2N3O. The number of nitrogen functional groups attached to an aromatic ring is 1. The lowest BCUT2D eigenvalue weighted by atomic mass is 10.2. The molecule has 2 aromatic carbocycles. The maximum absolute atomic E-state index is 11.3. The van der Waals surface area contributed by atoms with Crippen LogP contribution < -0.4 is 16.6 Å². The van der Waals surface area contributed by atoms with Gasteiger partial charge in [-0.25, -0.2) is 0 Å². The zero-order valence-corrected chi connectivity index (χ0v) is 17.5. The van der Waals surface area contributed by atoms with Gasteiger partial charge in [-0.15, -0.1) is 0 Å². The minimum Gasteiger partial charge on any atom is -0.398 e. The van der Waals surface area contributed by atoms with Crippen molar-refractivity contribution < 1.29 is 4.79 Å². The molecule has 0 atom stereocenters. The lowest BCUT2D eigenvalue weighted by Gasteiger charge is -2.13. The number of nitrogens with two attached hydrogens (primary N) is 1. The molecule has 0 aliphatic heterocycles. The van der Waals surface area contributed by atoms with Gasteiger partial charge in [0.2, 0.25) is 5.91 Å². The molecule has 0 unspecified atom stereocenters. The molecule has 0 saturated heterocycles. The van der Waals surface area contributed by atoms with E-state index in [1.165, 1.54) is 0 Å². The standard InChI is InChI=1S/C11H15BrN2O.C7H8BrN/c1-7(2)11(15)14-13-10-6-4-5-9(12)8(10)3;1-5-6(8)3-2-4-7(5)9/h4-7,13H,1-3H3,(H,14,15);2-4H,9H2,1H3. The maximum Gasteiger partial charge on any atom is 0.240 e. The number of nitrogens with one attached hydrogen (secondary N) is 2. The summed E-state index contributed by atoms with van der Waals surface area (Å²) in [6.07, 6.45) is 0. The Morgan fingerprint density at radius 3 is 2.04 bits per heavy atom. The number of anilines is 2. The van der Waals surface area contributed by atoms with Crippen LogP contribution in [-0.2, 0) is 4.79 Å². The monoisotopic (exact) mass is 455 g/mol. The number of hydrazine groups is 1. The molecule has 0 heterocycles. The van der Waals surface area contributed by atoms with E-state index in [1.807, 2.05) is 64.1 Å². The third kappa shape index (κ3) is 6.17. The topological polar surface area (TPSA) is 67.1 Å². The normalized spacial score (nSPS) is 9.96. The van der Waals surface area contributed by atoms with Crippen molar-refractivity contribution in [3.05, 3.63) is 56.5 Å². The van der Waals surface area contributed by atoms with Gasteiger partial charge in [0, 0.05) is 20.6 Å². The number of carbonyl (C=O) groups excluding carboxylic acids is 1. The fourth-order valence-corrected chi connectivity index (χ4v) is 2.39. The van der Waals surface area contributed by atoms with Gasteiger partial charge in [0.15, 0.2) is 0 Å². The van der Waals surface area contributed by atoms with Crippen LogP contribution in [0.25, 0.3) is 0 Å². The van der Waals surface area contributed by atoms with E-state index in [4.69, 9.17) is 5.73 Å². The van der Waals surface area contributed by atoms with Crippen molar-refractivity contribution in [2.45, 2.75) is 27.7 Å². The highest BCUT2D eigenvalue weighted by molar-refractivity contribution is 9.10. The zero-order valence-electron chi connectivity index (χ0n) is 14.3. The second kappa shape index (κ2) is 9.69. The van der Waals surface area contributed by atoms with E-state index in [1.54, 1.807) is 0 Å². The van der Waals surface area contributed by atoms with E-state index in [0.717, 1.165) is 31.4 Å². The Kier molecular flexibility index (Phi) is 8.28. The highest BCUT2D eigenvalue weighted by Crippen LogP contribution is 2.22. The molecule has 130 valence electrons. The van der Waals surface area contributed by atoms with Crippen molar-refractivity contribution in [2.75, 3.05) is 11.2 Å². The second-order valence-electron chi connectivity index (χ2n) is 5.64. The molecule has 1 amide bonds. The Morgan fingerprint density at radius 2 is 1.54 bits per heavy atom. The minimum atomic E-state index is -0.0232. The number of hydrogen-bond acceptors (Lipinski definition) is 3. The van der Waals surface area contributed by atoms with E-state index >= 15 is 0 Å². The molecule has 4 N–H and O–H groups in total. The third-order valence-electron chi connectivity index (χ3n) is 3.42. The predicted molar refractivity (Wildman–Crippen MR) is 109 cm³/mol. The number of amides is 1. The van der Waals surface area contributed by atoms with Crippen LogP contribution in [0.5, 0.6) is 0 Å². The molecule has 0 radical (unpaired) electrons. The molecule has 6 heteroatoms. The predicted octanol–water partition coefficient (Wildman–Crippen LogP) is 5.20. The minimum absolute atomic E-state index is 0.0191. The molecule has 0 aromatic heterocycles. The largest absolute Gasteiger partial charge is 0.398 e. The highest BCUT2D eigenvalue weighted by Gasteiger charge is 2.06. The van der Waals surface area contributed by atoms with E-state index in [9.17, 15) is 4.79 Å². The molecule has 4 nitrogen and oxygen atoms in total. The van der Waals surface area contributed by atoms with E-state index in [2.05, 4.69) is 42.7 Å². The van der Waals surface area contributed by atoms with Crippen LogP contribution in [0.15, 0.2) is 45.3 Å². The van der Waals surface area contributed by atoms with E-state index in [0.29, 0.717) is 0 Å². The quantitative estimate of drug-likeness (QED) is 0.439. The van der Waals surface area contributed by atoms with Crippen LogP contribution in [0.4, 0.5) is 11.4 Å². The van der Waals surface area contributed by atoms with Crippen LogP contribution in [0, 0.1) is 19.8 Å². The molecule has 0 fully saturated rings. The summed E-state index contributed by atoms with van der Waals surface area (Å²) in [7, 11) is 0. The number of hydrogen-bond donors (Lipinski definition) is 3.